The van der Waals surface area contributed by atoms with Gasteiger partial charge in [-0.3, -0.25) is 4.79 Å². The number of esters is 1. The van der Waals surface area contributed by atoms with Crippen molar-refractivity contribution in [3.63, 3.8) is 0 Å². The number of benzene rings is 1. The van der Waals surface area contributed by atoms with Crippen molar-refractivity contribution < 1.29 is 18.7 Å². The Morgan fingerprint density at radius 2 is 1.96 bits per heavy atom. The highest BCUT2D eigenvalue weighted by Gasteiger charge is 2.18. The normalized spacial score (nSPS) is 10.5. The van der Waals surface area contributed by atoms with Crippen molar-refractivity contribution >= 4 is 35.2 Å². The van der Waals surface area contributed by atoms with Crippen LogP contribution in [0.15, 0.2) is 39.6 Å². The minimum absolute atomic E-state index is 0.0383. The van der Waals surface area contributed by atoms with Gasteiger partial charge in [0.05, 0.1) is 19.4 Å². The lowest BCUT2D eigenvalue weighted by molar-refractivity contribution is -0.127. The zero-order valence-electron chi connectivity index (χ0n) is 13.7. The molecule has 2 aromatic rings. The molecule has 128 valence electrons. The fraction of sp³-hybridized carbons (Fsp3) is 0.294. The zero-order chi connectivity index (χ0) is 17.7. The first-order valence-corrected chi connectivity index (χ1v) is 8.57. The molecule has 0 atom stereocenters. The smallest absolute Gasteiger partial charge is 0.341 e. The molecule has 0 radical (unpaired) electrons. The second kappa shape index (κ2) is 8.26. The van der Waals surface area contributed by atoms with E-state index in [0.717, 1.165) is 4.90 Å². The lowest BCUT2D eigenvalue weighted by Gasteiger charge is -2.15. The summed E-state index contributed by atoms with van der Waals surface area (Å²) >= 11 is 7.27. The third-order valence-electron chi connectivity index (χ3n) is 3.37. The Morgan fingerprint density at radius 3 is 2.58 bits per heavy atom. The summed E-state index contributed by atoms with van der Waals surface area (Å²) in [6.45, 7) is 1.98. The summed E-state index contributed by atoms with van der Waals surface area (Å²) in [6, 6.07) is 8.94. The summed E-state index contributed by atoms with van der Waals surface area (Å²) in [5.74, 6) is 0.841. The third kappa shape index (κ3) is 4.79. The maximum atomic E-state index is 12.2. The van der Waals surface area contributed by atoms with Gasteiger partial charge < -0.3 is 14.1 Å². The molecule has 2 rings (SSSR count). The molecule has 0 fully saturated rings. The minimum atomic E-state index is -0.449. The van der Waals surface area contributed by atoms with Crippen molar-refractivity contribution in [1.29, 1.82) is 0 Å². The second-order valence-electron chi connectivity index (χ2n) is 5.17. The maximum absolute atomic E-state index is 12.2. The van der Waals surface area contributed by atoms with E-state index in [2.05, 4.69) is 4.74 Å². The Labute approximate surface area is 149 Å². The Hall–Kier alpha value is -1.92. The molecule has 0 aliphatic rings. The molecule has 0 unspecified atom stereocenters. The van der Waals surface area contributed by atoms with E-state index in [1.165, 1.54) is 18.9 Å². The van der Waals surface area contributed by atoms with Crippen LogP contribution in [0.1, 0.15) is 21.9 Å². The standard InChI is InChI=1S/C17H18ClNO4S/c1-11-15(17(21)22-3)8-13(23-11)9-19(2)16(20)10-24-14-6-4-12(18)5-7-14/h4-8H,9-10H2,1-3H3. The number of furan rings is 1. The minimum Gasteiger partial charge on any atom is -0.465 e. The van der Waals surface area contributed by atoms with Crippen LogP contribution in [0.5, 0.6) is 0 Å². The Bertz CT molecular complexity index is 727. The van der Waals surface area contributed by atoms with Crippen molar-refractivity contribution in [3.8, 4) is 0 Å². The van der Waals surface area contributed by atoms with Crippen LogP contribution in [0.3, 0.4) is 0 Å². The highest BCUT2D eigenvalue weighted by atomic mass is 35.5. The van der Waals surface area contributed by atoms with E-state index < -0.39 is 5.97 Å². The first-order valence-electron chi connectivity index (χ1n) is 7.20. The largest absolute Gasteiger partial charge is 0.465 e. The molecule has 1 amide bonds. The molecule has 0 N–H and O–H groups in total. The average molecular weight is 368 g/mol. The Kier molecular flexibility index (Phi) is 6.34. The fourth-order valence-corrected chi connectivity index (χ4v) is 3.01. The van der Waals surface area contributed by atoms with E-state index in [4.69, 9.17) is 16.0 Å². The quantitative estimate of drug-likeness (QED) is 0.574. The SMILES string of the molecule is COC(=O)c1cc(CN(C)C(=O)CSc2ccc(Cl)cc2)oc1C. The van der Waals surface area contributed by atoms with Crippen molar-refractivity contribution in [2.24, 2.45) is 0 Å². The molecular weight excluding hydrogens is 350 g/mol. The van der Waals surface area contributed by atoms with Crippen molar-refractivity contribution in [1.82, 2.24) is 4.90 Å². The van der Waals surface area contributed by atoms with E-state index in [9.17, 15) is 9.59 Å². The molecule has 0 aliphatic heterocycles. The van der Waals surface area contributed by atoms with Gasteiger partial charge >= 0.3 is 5.97 Å². The molecule has 0 saturated carbocycles. The number of methoxy groups -OCH3 is 1. The van der Waals surface area contributed by atoms with Gasteiger partial charge in [0, 0.05) is 17.0 Å². The number of aryl methyl sites for hydroxylation is 1. The number of rotatable bonds is 6. The van der Waals surface area contributed by atoms with Gasteiger partial charge in [-0.2, -0.15) is 0 Å². The number of nitrogens with zero attached hydrogens (tertiary/aromatic N) is 1. The number of hydrogen-bond donors (Lipinski definition) is 0. The summed E-state index contributed by atoms with van der Waals surface area (Å²) in [4.78, 5) is 26.3. The molecule has 0 aliphatic carbocycles. The molecule has 0 spiro atoms. The van der Waals surface area contributed by atoms with E-state index in [0.29, 0.717) is 27.9 Å². The summed E-state index contributed by atoms with van der Waals surface area (Å²) < 4.78 is 10.2. The van der Waals surface area contributed by atoms with Crippen LogP contribution in [-0.4, -0.2) is 36.7 Å². The third-order valence-corrected chi connectivity index (χ3v) is 4.62. The average Bonchev–Trinajstić information content (AvgIpc) is 2.93. The van der Waals surface area contributed by atoms with Gasteiger partial charge in [-0.1, -0.05) is 11.6 Å². The first kappa shape index (κ1) is 18.4. The highest BCUT2D eigenvalue weighted by molar-refractivity contribution is 8.00. The predicted octanol–water partition coefficient (Wildman–Crippen LogP) is 3.78. The molecule has 0 bridgehead atoms. The lowest BCUT2D eigenvalue weighted by Crippen LogP contribution is -2.27. The van der Waals surface area contributed by atoms with Gasteiger partial charge in [-0.05, 0) is 37.3 Å². The number of carbonyl (C=O) groups is 2. The van der Waals surface area contributed by atoms with Crippen molar-refractivity contribution in [3.05, 3.63) is 52.4 Å². The summed E-state index contributed by atoms with van der Waals surface area (Å²) in [6.07, 6.45) is 0. The molecule has 0 saturated heterocycles. The van der Waals surface area contributed by atoms with Crippen molar-refractivity contribution in [2.75, 3.05) is 19.9 Å². The van der Waals surface area contributed by atoms with E-state index in [-0.39, 0.29) is 12.5 Å². The summed E-state index contributed by atoms with van der Waals surface area (Å²) in [7, 11) is 3.01. The van der Waals surface area contributed by atoms with Gasteiger partial charge in [0.2, 0.25) is 5.91 Å². The number of thioether (sulfide) groups is 1. The molecule has 24 heavy (non-hydrogen) atoms. The molecule has 1 aromatic carbocycles. The second-order valence-corrected chi connectivity index (χ2v) is 6.65. The van der Waals surface area contributed by atoms with Crippen LogP contribution in [0.4, 0.5) is 0 Å². The van der Waals surface area contributed by atoms with Gasteiger partial charge in [-0.15, -0.1) is 11.8 Å². The highest BCUT2D eigenvalue weighted by Crippen LogP contribution is 2.21. The molecule has 1 heterocycles. The molecule has 7 heteroatoms. The molecular formula is C17H18ClNO4S. The van der Waals surface area contributed by atoms with Crippen LogP contribution in [0.25, 0.3) is 0 Å². The number of hydrogen-bond acceptors (Lipinski definition) is 5. The van der Waals surface area contributed by atoms with E-state index >= 15 is 0 Å². The van der Waals surface area contributed by atoms with Crippen LogP contribution in [0.2, 0.25) is 5.02 Å². The zero-order valence-corrected chi connectivity index (χ0v) is 15.2. The predicted molar refractivity (Wildman–Crippen MR) is 93.4 cm³/mol. The van der Waals surface area contributed by atoms with Gasteiger partial charge in [0.15, 0.2) is 0 Å². The number of carbonyl (C=O) groups excluding carboxylic acids is 2. The van der Waals surface area contributed by atoms with Crippen LogP contribution >= 0.6 is 23.4 Å². The fourth-order valence-electron chi connectivity index (χ4n) is 2.04. The van der Waals surface area contributed by atoms with E-state index in [1.807, 2.05) is 12.1 Å². The summed E-state index contributed by atoms with van der Waals surface area (Å²) in [5.41, 5.74) is 0.379. The first-order chi connectivity index (χ1) is 11.4. The molecule has 1 aromatic heterocycles. The van der Waals surface area contributed by atoms with Crippen LogP contribution in [-0.2, 0) is 16.1 Å². The summed E-state index contributed by atoms with van der Waals surface area (Å²) in [5, 5.41) is 0.664. The van der Waals surface area contributed by atoms with E-state index in [1.54, 1.807) is 37.1 Å². The number of ether oxygens (including phenoxy) is 1. The van der Waals surface area contributed by atoms with Gasteiger partial charge in [0.25, 0.3) is 0 Å². The van der Waals surface area contributed by atoms with Crippen LogP contribution in [0, 0.1) is 6.92 Å². The van der Waals surface area contributed by atoms with Crippen molar-refractivity contribution in [2.45, 2.75) is 18.4 Å². The Balaban J connectivity index is 1.91. The lowest BCUT2D eigenvalue weighted by atomic mass is 10.2. The molecule has 5 nitrogen and oxygen atoms in total. The maximum Gasteiger partial charge on any atom is 0.341 e. The van der Waals surface area contributed by atoms with Crippen LogP contribution < -0.4 is 0 Å². The number of amides is 1. The van der Waals surface area contributed by atoms with Gasteiger partial charge in [0.1, 0.15) is 17.1 Å². The Morgan fingerprint density at radius 1 is 1.29 bits per heavy atom. The topological polar surface area (TPSA) is 59.8 Å². The number of halogens is 1. The monoisotopic (exact) mass is 367 g/mol. The van der Waals surface area contributed by atoms with Gasteiger partial charge in [-0.25, -0.2) is 4.79 Å².